The van der Waals surface area contributed by atoms with Gasteiger partial charge in [-0.05, 0) is 61.0 Å². The van der Waals surface area contributed by atoms with Crippen LogP contribution in [0.2, 0.25) is 5.02 Å². The van der Waals surface area contributed by atoms with Gasteiger partial charge in [0.2, 0.25) is 0 Å². The lowest BCUT2D eigenvalue weighted by Crippen LogP contribution is -2.34. The molecule has 0 saturated carbocycles. The predicted octanol–water partition coefficient (Wildman–Crippen LogP) is 3.75. The van der Waals surface area contributed by atoms with Crippen molar-refractivity contribution in [3.05, 3.63) is 100 Å². The van der Waals surface area contributed by atoms with E-state index in [0.717, 1.165) is 5.56 Å². The number of amides is 2. The monoisotopic (exact) mass is 449 g/mol. The fourth-order valence-electron chi connectivity index (χ4n) is 2.68. The molecule has 3 rings (SSSR count). The van der Waals surface area contributed by atoms with E-state index in [4.69, 9.17) is 16.3 Å². The maximum atomic E-state index is 12.2. The van der Waals surface area contributed by atoms with Crippen LogP contribution in [-0.4, -0.2) is 30.5 Å². The first-order valence-electron chi connectivity index (χ1n) is 9.65. The Kier molecular flexibility index (Phi) is 7.72. The largest absolute Gasteiger partial charge is 0.423 e. The van der Waals surface area contributed by atoms with Gasteiger partial charge >= 0.3 is 5.97 Å². The van der Waals surface area contributed by atoms with E-state index in [-0.39, 0.29) is 12.5 Å². The third-order valence-corrected chi connectivity index (χ3v) is 4.49. The number of hydrogen-bond acceptors (Lipinski definition) is 5. The minimum absolute atomic E-state index is 0.219. The minimum Gasteiger partial charge on any atom is -0.423 e. The number of rotatable bonds is 7. The summed E-state index contributed by atoms with van der Waals surface area (Å²) in [5, 5.41) is 6.92. The molecule has 2 amide bonds. The molecule has 3 aromatic rings. The Labute approximate surface area is 190 Å². The van der Waals surface area contributed by atoms with Crippen LogP contribution in [0.3, 0.4) is 0 Å². The van der Waals surface area contributed by atoms with Crippen LogP contribution in [-0.2, 0) is 4.79 Å². The van der Waals surface area contributed by atoms with Crippen molar-refractivity contribution in [2.45, 2.75) is 6.92 Å². The zero-order chi connectivity index (χ0) is 22.9. The van der Waals surface area contributed by atoms with Gasteiger partial charge in [0.05, 0.1) is 18.3 Å². The molecule has 0 unspecified atom stereocenters. The SMILES string of the molecule is Cc1cccc(C(=O)NCC(=O)NN=Cc2cccc(OC(=O)c3ccc(Cl)cc3)c2)c1. The summed E-state index contributed by atoms with van der Waals surface area (Å²) in [6.07, 6.45) is 1.40. The van der Waals surface area contributed by atoms with E-state index >= 15 is 0 Å². The van der Waals surface area contributed by atoms with Crippen LogP contribution in [0.25, 0.3) is 0 Å². The van der Waals surface area contributed by atoms with E-state index < -0.39 is 11.9 Å². The molecule has 0 bridgehead atoms. The van der Waals surface area contributed by atoms with Gasteiger partial charge in [0.15, 0.2) is 0 Å². The maximum Gasteiger partial charge on any atom is 0.343 e. The number of hydrazone groups is 1. The lowest BCUT2D eigenvalue weighted by Gasteiger charge is -2.06. The van der Waals surface area contributed by atoms with Crippen molar-refractivity contribution < 1.29 is 19.1 Å². The Morgan fingerprint density at radius 1 is 0.969 bits per heavy atom. The first kappa shape index (κ1) is 22.7. The van der Waals surface area contributed by atoms with Crippen LogP contribution in [0.1, 0.15) is 31.8 Å². The Hall–Kier alpha value is -3.97. The number of benzene rings is 3. The van der Waals surface area contributed by atoms with Crippen LogP contribution in [0.15, 0.2) is 77.9 Å². The van der Waals surface area contributed by atoms with Crippen molar-refractivity contribution in [1.82, 2.24) is 10.7 Å². The summed E-state index contributed by atoms with van der Waals surface area (Å²) in [4.78, 5) is 36.2. The molecule has 0 radical (unpaired) electrons. The molecular formula is C24H20ClN3O4. The van der Waals surface area contributed by atoms with Crippen molar-refractivity contribution in [3.8, 4) is 5.75 Å². The van der Waals surface area contributed by atoms with E-state index in [1.54, 1.807) is 66.7 Å². The molecule has 7 nitrogen and oxygen atoms in total. The van der Waals surface area contributed by atoms with Gasteiger partial charge in [-0.2, -0.15) is 5.10 Å². The Morgan fingerprint density at radius 3 is 2.47 bits per heavy atom. The standard InChI is InChI=1S/C24H20ClN3O4/c1-16-4-2-6-19(12-16)23(30)26-15-22(29)28-27-14-17-5-3-7-21(13-17)32-24(31)18-8-10-20(25)11-9-18/h2-14H,15H2,1H3,(H,26,30)(H,28,29). The normalized spacial score (nSPS) is 10.6. The predicted molar refractivity (Wildman–Crippen MR) is 122 cm³/mol. The van der Waals surface area contributed by atoms with E-state index in [1.807, 2.05) is 13.0 Å². The molecule has 8 heteroatoms. The maximum absolute atomic E-state index is 12.2. The Morgan fingerprint density at radius 2 is 1.72 bits per heavy atom. The number of aryl methyl sites for hydroxylation is 1. The average molecular weight is 450 g/mol. The van der Waals surface area contributed by atoms with E-state index in [9.17, 15) is 14.4 Å². The number of halogens is 1. The quantitative estimate of drug-likeness (QED) is 0.248. The molecule has 0 heterocycles. The number of hydrogen-bond donors (Lipinski definition) is 2. The number of carbonyl (C=O) groups excluding carboxylic acids is 3. The van der Waals surface area contributed by atoms with Crippen molar-refractivity contribution in [1.29, 1.82) is 0 Å². The van der Waals surface area contributed by atoms with Gasteiger partial charge in [-0.15, -0.1) is 0 Å². The molecule has 3 aromatic carbocycles. The van der Waals surface area contributed by atoms with Gasteiger partial charge in [0, 0.05) is 10.6 Å². The number of ether oxygens (including phenoxy) is 1. The van der Waals surface area contributed by atoms with Crippen molar-refractivity contribution in [2.75, 3.05) is 6.54 Å². The van der Waals surface area contributed by atoms with Crippen LogP contribution in [0.4, 0.5) is 0 Å². The number of nitrogens with one attached hydrogen (secondary N) is 2. The smallest absolute Gasteiger partial charge is 0.343 e. The van der Waals surface area contributed by atoms with Gasteiger partial charge < -0.3 is 10.1 Å². The molecular weight excluding hydrogens is 430 g/mol. The highest BCUT2D eigenvalue weighted by Crippen LogP contribution is 2.16. The summed E-state index contributed by atoms with van der Waals surface area (Å²) in [5.74, 6) is -1.02. The minimum atomic E-state index is -0.520. The molecule has 0 atom stereocenters. The van der Waals surface area contributed by atoms with Crippen molar-refractivity contribution in [2.24, 2.45) is 5.10 Å². The van der Waals surface area contributed by atoms with Crippen LogP contribution < -0.4 is 15.5 Å². The third kappa shape index (κ3) is 6.78. The lowest BCUT2D eigenvalue weighted by molar-refractivity contribution is -0.120. The second-order valence-electron chi connectivity index (χ2n) is 6.81. The summed E-state index contributed by atoms with van der Waals surface area (Å²) in [5.41, 5.74) is 4.74. The van der Waals surface area contributed by atoms with Gasteiger partial charge in [-0.1, -0.05) is 41.4 Å². The molecule has 2 N–H and O–H groups in total. The Bertz CT molecular complexity index is 1160. The number of esters is 1. The van der Waals surface area contributed by atoms with Crippen molar-refractivity contribution >= 4 is 35.6 Å². The topological polar surface area (TPSA) is 96.9 Å². The fraction of sp³-hybridized carbons (Fsp3) is 0.0833. The van der Waals surface area contributed by atoms with E-state index in [0.29, 0.717) is 27.5 Å². The second kappa shape index (κ2) is 10.9. The highest BCUT2D eigenvalue weighted by molar-refractivity contribution is 6.30. The van der Waals surface area contributed by atoms with Crippen LogP contribution in [0, 0.1) is 6.92 Å². The Balaban J connectivity index is 1.49. The van der Waals surface area contributed by atoms with Gasteiger partial charge in [0.1, 0.15) is 5.75 Å². The zero-order valence-electron chi connectivity index (χ0n) is 17.2. The highest BCUT2D eigenvalue weighted by atomic mass is 35.5. The second-order valence-corrected chi connectivity index (χ2v) is 7.25. The van der Waals surface area contributed by atoms with Crippen LogP contribution in [0.5, 0.6) is 5.75 Å². The van der Waals surface area contributed by atoms with Gasteiger partial charge in [-0.25, -0.2) is 10.2 Å². The highest BCUT2D eigenvalue weighted by Gasteiger charge is 2.09. The number of nitrogens with zero attached hydrogens (tertiary/aromatic N) is 1. The van der Waals surface area contributed by atoms with E-state index in [2.05, 4.69) is 15.8 Å². The fourth-order valence-corrected chi connectivity index (χ4v) is 2.80. The van der Waals surface area contributed by atoms with Gasteiger partial charge in [0.25, 0.3) is 11.8 Å². The first-order chi connectivity index (χ1) is 15.4. The third-order valence-electron chi connectivity index (χ3n) is 4.24. The van der Waals surface area contributed by atoms with E-state index in [1.165, 1.54) is 6.21 Å². The number of carbonyl (C=O) groups is 3. The lowest BCUT2D eigenvalue weighted by atomic mass is 10.1. The van der Waals surface area contributed by atoms with Crippen molar-refractivity contribution in [3.63, 3.8) is 0 Å². The average Bonchev–Trinajstić information content (AvgIpc) is 2.78. The summed E-state index contributed by atoms with van der Waals surface area (Å²) in [6.45, 7) is 1.66. The van der Waals surface area contributed by atoms with Crippen LogP contribution >= 0.6 is 11.6 Å². The molecule has 0 fully saturated rings. The molecule has 0 aliphatic carbocycles. The molecule has 0 saturated heterocycles. The molecule has 32 heavy (non-hydrogen) atoms. The summed E-state index contributed by atoms with van der Waals surface area (Å²) in [6, 6.07) is 20.1. The molecule has 0 aromatic heterocycles. The summed E-state index contributed by atoms with van der Waals surface area (Å²) >= 11 is 5.82. The molecule has 0 aliphatic rings. The molecule has 162 valence electrons. The summed E-state index contributed by atoms with van der Waals surface area (Å²) < 4.78 is 5.35. The van der Waals surface area contributed by atoms with Gasteiger partial charge in [-0.3, -0.25) is 9.59 Å². The molecule has 0 aliphatic heterocycles. The summed E-state index contributed by atoms with van der Waals surface area (Å²) in [7, 11) is 0. The first-order valence-corrected chi connectivity index (χ1v) is 10.0. The molecule has 0 spiro atoms. The zero-order valence-corrected chi connectivity index (χ0v) is 17.9.